The van der Waals surface area contributed by atoms with E-state index < -0.39 is 5.60 Å². The molecule has 1 atom stereocenters. The Hall–Kier alpha value is -0.740. The van der Waals surface area contributed by atoms with Crippen molar-refractivity contribution in [2.45, 2.75) is 32.4 Å². The second-order valence-corrected chi connectivity index (χ2v) is 5.28. The van der Waals surface area contributed by atoms with Gasteiger partial charge in [0.05, 0.1) is 24.4 Å². The van der Waals surface area contributed by atoms with E-state index in [4.69, 9.17) is 4.74 Å². The molecular weight excluding hydrogens is 270 g/mol. The third-order valence-corrected chi connectivity index (χ3v) is 3.09. The number of hydrogen-bond donors (Lipinski definition) is 2. The van der Waals surface area contributed by atoms with Crippen LogP contribution in [0, 0.1) is 0 Å². The second kappa shape index (κ2) is 5.06. The molecule has 90 valence electrons. The van der Waals surface area contributed by atoms with Gasteiger partial charge in [0.15, 0.2) is 0 Å². The highest BCUT2D eigenvalue weighted by Gasteiger charge is 2.22. The predicted molar refractivity (Wildman–Crippen MR) is 70.1 cm³/mol. The van der Waals surface area contributed by atoms with Crippen molar-refractivity contribution >= 4 is 21.6 Å². The molecule has 0 fully saturated rings. The summed E-state index contributed by atoms with van der Waals surface area (Å²) in [5.41, 5.74) is 0.0827. The number of ether oxygens (including phenoxy) is 1. The average Bonchev–Trinajstić information content (AvgIpc) is 2.16. The van der Waals surface area contributed by atoms with Gasteiger partial charge in [0.1, 0.15) is 5.75 Å². The number of nitrogens with one attached hydrogen (secondary N) is 1. The highest BCUT2D eigenvalue weighted by Crippen LogP contribution is 2.29. The van der Waals surface area contributed by atoms with Crippen molar-refractivity contribution in [3.8, 4) is 5.75 Å². The Labute approximate surface area is 105 Å². The van der Waals surface area contributed by atoms with Crippen molar-refractivity contribution in [2.75, 3.05) is 12.4 Å². The Kier molecular flexibility index (Phi) is 4.21. The lowest BCUT2D eigenvalue weighted by Crippen LogP contribution is -2.39. The Morgan fingerprint density at radius 2 is 2.06 bits per heavy atom. The fraction of sp³-hybridized carbons (Fsp3) is 0.500. The number of aliphatic hydroxyl groups is 1. The first-order valence-electron chi connectivity index (χ1n) is 5.17. The molecule has 0 saturated carbocycles. The summed E-state index contributed by atoms with van der Waals surface area (Å²) in [7, 11) is 1.63. The van der Waals surface area contributed by atoms with Crippen LogP contribution < -0.4 is 10.1 Å². The summed E-state index contributed by atoms with van der Waals surface area (Å²) in [6.07, 6.45) is 0. The number of hydrogen-bond acceptors (Lipinski definition) is 3. The molecule has 1 aromatic rings. The van der Waals surface area contributed by atoms with Crippen LogP contribution in [-0.2, 0) is 0 Å². The third-order valence-electron chi connectivity index (χ3n) is 2.59. The van der Waals surface area contributed by atoms with Gasteiger partial charge in [-0.25, -0.2) is 0 Å². The highest BCUT2D eigenvalue weighted by molar-refractivity contribution is 9.10. The van der Waals surface area contributed by atoms with Crippen LogP contribution in [0.3, 0.4) is 0 Å². The lowest BCUT2D eigenvalue weighted by Gasteiger charge is -2.28. The summed E-state index contributed by atoms with van der Waals surface area (Å²) in [6, 6.07) is 5.65. The molecule has 0 spiro atoms. The summed E-state index contributed by atoms with van der Waals surface area (Å²) in [5.74, 6) is 0.763. The maximum Gasteiger partial charge on any atom is 0.142 e. The van der Waals surface area contributed by atoms with E-state index in [-0.39, 0.29) is 6.04 Å². The van der Waals surface area contributed by atoms with Gasteiger partial charge in [0.2, 0.25) is 0 Å². The van der Waals surface area contributed by atoms with Gasteiger partial charge in [-0.3, -0.25) is 0 Å². The summed E-state index contributed by atoms with van der Waals surface area (Å²) >= 11 is 3.41. The fourth-order valence-electron chi connectivity index (χ4n) is 1.20. The SMILES string of the molecule is COc1ccc(Br)cc1NC(C)C(C)(C)O. The minimum atomic E-state index is -0.784. The van der Waals surface area contributed by atoms with Crippen molar-refractivity contribution < 1.29 is 9.84 Å². The van der Waals surface area contributed by atoms with Crippen molar-refractivity contribution in [1.82, 2.24) is 0 Å². The molecule has 0 aliphatic carbocycles. The van der Waals surface area contributed by atoms with Gasteiger partial charge >= 0.3 is 0 Å². The van der Waals surface area contributed by atoms with Crippen molar-refractivity contribution in [3.05, 3.63) is 22.7 Å². The van der Waals surface area contributed by atoms with E-state index in [1.54, 1.807) is 21.0 Å². The Morgan fingerprint density at radius 1 is 1.44 bits per heavy atom. The number of methoxy groups -OCH3 is 1. The zero-order valence-electron chi connectivity index (χ0n) is 10.0. The van der Waals surface area contributed by atoms with Gasteiger partial charge in [-0.1, -0.05) is 15.9 Å². The first-order chi connectivity index (χ1) is 7.34. The van der Waals surface area contributed by atoms with Crippen LogP contribution in [0.2, 0.25) is 0 Å². The molecule has 3 nitrogen and oxygen atoms in total. The van der Waals surface area contributed by atoms with Crippen molar-refractivity contribution in [2.24, 2.45) is 0 Å². The van der Waals surface area contributed by atoms with Gasteiger partial charge in [-0.05, 0) is 39.0 Å². The molecule has 0 aromatic heterocycles. The molecule has 4 heteroatoms. The summed E-state index contributed by atoms with van der Waals surface area (Å²) in [6.45, 7) is 5.48. The first kappa shape index (κ1) is 13.3. The van der Waals surface area contributed by atoms with E-state index in [2.05, 4.69) is 21.2 Å². The molecule has 0 saturated heterocycles. The smallest absolute Gasteiger partial charge is 0.142 e. The van der Waals surface area contributed by atoms with Crippen LogP contribution in [-0.4, -0.2) is 23.9 Å². The maximum absolute atomic E-state index is 9.87. The van der Waals surface area contributed by atoms with Crippen LogP contribution in [0.15, 0.2) is 22.7 Å². The summed E-state index contributed by atoms with van der Waals surface area (Å²) in [5, 5.41) is 13.1. The summed E-state index contributed by atoms with van der Waals surface area (Å²) in [4.78, 5) is 0. The largest absolute Gasteiger partial charge is 0.495 e. The zero-order chi connectivity index (χ0) is 12.3. The predicted octanol–water partition coefficient (Wildman–Crippen LogP) is 3.03. The quantitative estimate of drug-likeness (QED) is 0.894. The molecule has 0 aliphatic heterocycles. The fourth-order valence-corrected chi connectivity index (χ4v) is 1.56. The van der Waals surface area contributed by atoms with Crippen LogP contribution in [0.25, 0.3) is 0 Å². The molecule has 16 heavy (non-hydrogen) atoms. The van der Waals surface area contributed by atoms with E-state index in [0.29, 0.717) is 0 Å². The summed E-state index contributed by atoms with van der Waals surface area (Å²) < 4.78 is 6.22. The van der Waals surface area contributed by atoms with E-state index in [0.717, 1.165) is 15.9 Å². The average molecular weight is 288 g/mol. The number of halogens is 1. The molecule has 0 heterocycles. The molecule has 1 aromatic carbocycles. The monoisotopic (exact) mass is 287 g/mol. The number of benzene rings is 1. The maximum atomic E-state index is 9.87. The van der Waals surface area contributed by atoms with Gasteiger partial charge in [-0.15, -0.1) is 0 Å². The molecular formula is C12H18BrNO2. The van der Waals surface area contributed by atoms with Crippen LogP contribution in [0.4, 0.5) is 5.69 Å². The molecule has 2 N–H and O–H groups in total. The van der Waals surface area contributed by atoms with Crippen LogP contribution >= 0.6 is 15.9 Å². The third kappa shape index (κ3) is 3.39. The standard InChI is InChI=1S/C12H18BrNO2/c1-8(12(2,3)15)14-10-7-9(13)5-6-11(10)16-4/h5-8,14-15H,1-4H3. The Bertz CT molecular complexity index is 361. The number of rotatable bonds is 4. The van der Waals surface area contributed by atoms with E-state index in [1.807, 2.05) is 25.1 Å². The first-order valence-corrected chi connectivity index (χ1v) is 5.96. The van der Waals surface area contributed by atoms with Gasteiger partial charge < -0.3 is 15.2 Å². The topological polar surface area (TPSA) is 41.5 Å². The molecule has 0 radical (unpaired) electrons. The number of anilines is 1. The second-order valence-electron chi connectivity index (χ2n) is 4.36. The van der Waals surface area contributed by atoms with Gasteiger partial charge in [0, 0.05) is 4.47 Å². The lowest BCUT2D eigenvalue weighted by atomic mass is 10.0. The zero-order valence-corrected chi connectivity index (χ0v) is 11.6. The van der Waals surface area contributed by atoms with Crippen molar-refractivity contribution in [3.63, 3.8) is 0 Å². The molecule has 1 unspecified atom stereocenters. The Morgan fingerprint density at radius 3 is 2.56 bits per heavy atom. The van der Waals surface area contributed by atoms with Gasteiger partial charge in [-0.2, -0.15) is 0 Å². The van der Waals surface area contributed by atoms with E-state index >= 15 is 0 Å². The van der Waals surface area contributed by atoms with Crippen LogP contribution in [0.1, 0.15) is 20.8 Å². The van der Waals surface area contributed by atoms with Crippen LogP contribution in [0.5, 0.6) is 5.75 Å². The minimum absolute atomic E-state index is 0.0734. The minimum Gasteiger partial charge on any atom is -0.495 e. The molecule has 0 aliphatic rings. The molecule has 1 rings (SSSR count). The van der Waals surface area contributed by atoms with E-state index in [9.17, 15) is 5.11 Å². The normalized spacial score (nSPS) is 13.4. The highest BCUT2D eigenvalue weighted by atomic mass is 79.9. The lowest BCUT2D eigenvalue weighted by molar-refractivity contribution is 0.0648. The molecule has 0 bridgehead atoms. The Balaban J connectivity index is 2.91. The van der Waals surface area contributed by atoms with E-state index in [1.165, 1.54) is 0 Å². The van der Waals surface area contributed by atoms with Gasteiger partial charge in [0.25, 0.3) is 0 Å². The van der Waals surface area contributed by atoms with Crippen molar-refractivity contribution in [1.29, 1.82) is 0 Å². The molecule has 0 amide bonds.